The third-order valence-corrected chi connectivity index (χ3v) is 5.51. The van der Waals surface area contributed by atoms with E-state index in [9.17, 15) is 8.42 Å². The van der Waals surface area contributed by atoms with Crippen LogP contribution in [0, 0.1) is 12.8 Å². The molecule has 6 heteroatoms. The minimum atomic E-state index is -3.48. The number of aryl methyl sites for hydroxylation is 1. The van der Waals surface area contributed by atoms with Crippen molar-refractivity contribution in [2.45, 2.75) is 38.2 Å². The monoisotopic (exact) mass is 313 g/mol. The van der Waals surface area contributed by atoms with Gasteiger partial charge in [-0.05, 0) is 56.9 Å². The summed E-state index contributed by atoms with van der Waals surface area (Å²) in [5, 5.41) is 9.15. The maximum atomic E-state index is 12.6. The van der Waals surface area contributed by atoms with E-state index in [2.05, 4.69) is 0 Å². The quantitative estimate of drug-likeness (QED) is 0.900. The van der Waals surface area contributed by atoms with Gasteiger partial charge in [0.1, 0.15) is 5.75 Å². The van der Waals surface area contributed by atoms with Crippen molar-refractivity contribution in [2.75, 3.05) is 19.7 Å². The highest BCUT2D eigenvalue weighted by molar-refractivity contribution is 7.89. The minimum Gasteiger partial charge on any atom is -0.491 e. The molecule has 1 aliphatic heterocycles. The second kappa shape index (κ2) is 6.34. The van der Waals surface area contributed by atoms with E-state index in [0.29, 0.717) is 25.3 Å². The molecule has 2 rings (SSSR count). The molecule has 1 aliphatic rings. The molecule has 0 bridgehead atoms. The predicted octanol–water partition coefficient (Wildman–Crippen LogP) is 1.79. The van der Waals surface area contributed by atoms with Gasteiger partial charge in [-0.1, -0.05) is 0 Å². The van der Waals surface area contributed by atoms with Crippen molar-refractivity contribution >= 4 is 10.0 Å². The van der Waals surface area contributed by atoms with Crippen LogP contribution in [0.2, 0.25) is 0 Å². The van der Waals surface area contributed by atoms with Crippen molar-refractivity contribution in [3.63, 3.8) is 0 Å². The van der Waals surface area contributed by atoms with Gasteiger partial charge in [0.25, 0.3) is 0 Å². The van der Waals surface area contributed by atoms with Crippen LogP contribution in [-0.2, 0) is 10.0 Å². The third-order valence-electron chi connectivity index (χ3n) is 3.65. The molecule has 1 N–H and O–H groups in total. The van der Waals surface area contributed by atoms with E-state index in [1.165, 1.54) is 4.31 Å². The molecule has 1 atom stereocenters. The lowest BCUT2D eigenvalue weighted by molar-refractivity contribution is 0.233. The lowest BCUT2D eigenvalue weighted by Crippen LogP contribution is -2.29. The Bertz CT molecular complexity index is 598. The molecular weight excluding hydrogens is 290 g/mol. The van der Waals surface area contributed by atoms with E-state index in [-0.39, 0.29) is 23.5 Å². The van der Waals surface area contributed by atoms with Crippen LogP contribution in [0.3, 0.4) is 0 Å². The number of hydrogen-bond acceptors (Lipinski definition) is 4. The van der Waals surface area contributed by atoms with E-state index in [4.69, 9.17) is 9.84 Å². The Hall–Kier alpha value is -1.11. The number of aliphatic hydroxyl groups is 1. The standard InChI is InChI=1S/C15H23NO4S/c1-11(2)20-15-5-4-14(8-12(15)3)21(18,19)16-7-6-13(9-16)10-17/h4-5,8,11,13,17H,6-7,9-10H2,1-3H3. The van der Waals surface area contributed by atoms with Crippen molar-refractivity contribution in [3.8, 4) is 5.75 Å². The summed E-state index contributed by atoms with van der Waals surface area (Å²) < 4.78 is 32.3. The van der Waals surface area contributed by atoms with Crippen LogP contribution in [0.1, 0.15) is 25.8 Å². The summed E-state index contributed by atoms with van der Waals surface area (Å²) in [5.74, 6) is 0.753. The SMILES string of the molecule is Cc1cc(S(=O)(=O)N2CCC(CO)C2)ccc1OC(C)C. The second-order valence-corrected chi connectivity index (χ2v) is 7.73. The first-order chi connectivity index (χ1) is 9.84. The largest absolute Gasteiger partial charge is 0.491 e. The van der Waals surface area contributed by atoms with Gasteiger partial charge in [0.15, 0.2) is 0 Å². The topological polar surface area (TPSA) is 66.8 Å². The summed E-state index contributed by atoms with van der Waals surface area (Å²) in [5.41, 5.74) is 0.808. The minimum absolute atomic E-state index is 0.0339. The first-order valence-electron chi connectivity index (χ1n) is 7.23. The summed E-state index contributed by atoms with van der Waals surface area (Å²) >= 11 is 0. The molecule has 1 unspecified atom stereocenters. The molecule has 0 aromatic heterocycles. The third kappa shape index (κ3) is 3.56. The Labute approximate surface area is 126 Å². The van der Waals surface area contributed by atoms with Crippen molar-refractivity contribution in [3.05, 3.63) is 23.8 Å². The Balaban J connectivity index is 2.23. The highest BCUT2D eigenvalue weighted by Gasteiger charge is 2.32. The molecular formula is C15H23NO4S. The van der Waals surface area contributed by atoms with Gasteiger partial charge in [-0.25, -0.2) is 8.42 Å². The number of aliphatic hydroxyl groups excluding tert-OH is 1. The zero-order valence-corrected chi connectivity index (χ0v) is 13.6. The van der Waals surface area contributed by atoms with Crippen LogP contribution in [0.5, 0.6) is 5.75 Å². The Morgan fingerprint density at radius 3 is 2.67 bits per heavy atom. The van der Waals surface area contributed by atoms with Gasteiger partial charge in [0.05, 0.1) is 11.0 Å². The Morgan fingerprint density at radius 2 is 2.14 bits per heavy atom. The fourth-order valence-electron chi connectivity index (χ4n) is 2.48. The molecule has 1 saturated heterocycles. The van der Waals surface area contributed by atoms with Crippen LogP contribution >= 0.6 is 0 Å². The summed E-state index contributed by atoms with van der Waals surface area (Å²) in [7, 11) is -3.48. The molecule has 5 nitrogen and oxygen atoms in total. The summed E-state index contributed by atoms with van der Waals surface area (Å²) in [6.07, 6.45) is 0.763. The number of ether oxygens (including phenoxy) is 1. The summed E-state index contributed by atoms with van der Waals surface area (Å²) in [6, 6.07) is 4.95. The van der Waals surface area contributed by atoms with Gasteiger partial charge in [0.2, 0.25) is 10.0 Å². The van der Waals surface area contributed by atoms with Gasteiger partial charge < -0.3 is 9.84 Å². The molecule has 0 spiro atoms. The van der Waals surface area contributed by atoms with E-state index in [1.807, 2.05) is 20.8 Å². The summed E-state index contributed by atoms with van der Waals surface area (Å²) in [6.45, 7) is 6.61. The maximum absolute atomic E-state index is 12.6. The highest BCUT2D eigenvalue weighted by atomic mass is 32.2. The molecule has 1 heterocycles. The van der Waals surface area contributed by atoms with Crippen LogP contribution in [0.4, 0.5) is 0 Å². The van der Waals surface area contributed by atoms with Gasteiger partial charge in [-0.2, -0.15) is 4.31 Å². The van der Waals surface area contributed by atoms with E-state index < -0.39 is 10.0 Å². The number of rotatable bonds is 5. The first kappa shape index (κ1) is 16.3. The zero-order chi connectivity index (χ0) is 15.6. The smallest absolute Gasteiger partial charge is 0.243 e. The average molecular weight is 313 g/mol. The fourth-order valence-corrected chi connectivity index (χ4v) is 4.10. The maximum Gasteiger partial charge on any atom is 0.243 e. The Morgan fingerprint density at radius 1 is 1.43 bits per heavy atom. The van der Waals surface area contributed by atoms with Crippen molar-refractivity contribution in [2.24, 2.45) is 5.92 Å². The molecule has 21 heavy (non-hydrogen) atoms. The van der Waals surface area contributed by atoms with E-state index >= 15 is 0 Å². The molecule has 1 aromatic carbocycles. The van der Waals surface area contributed by atoms with Crippen LogP contribution < -0.4 is 4.74 Å². The van der Waals surface area contributed by atoms with E-state index in [0.717, 1.165) is 5.56 Å². The van der Waals surface area contributed by atoms with Gasteiger partial charge >= 0.3 is 0 Å². The van der Waals surface area contributed by atoms with Crippen LogP contribution in [0.25, 0.3) is 0 Å². The zero-order valence-electron chi connectivity index (χ0n) is 12.7. The average Bonchev–Trinajstić information content (AvgIpc) is 2.90. The number of nitrogens with zero attached hydrogens (tertiary/aromatic N) is 1. The molecule has 0 amide bonds. The van der Waals surface area contributed by atoms with Crippen LogP contribution in [0.15, 0.2) is 23.1 Å². The molecule has 1 aromatic rings. The fraction of sp³-hybridized carbons (Fsp3) is 0.600. The van der Waals surface area contributed by atoms with Gasteiger partial charge in [-0.15, -0.1) is 0 Å². The molecule has 0 radical (unpaired) electrons. The van der Waals surface area contributed by atoms with Crippen molar-refractivity contribution in [1.82, 2.24) is 4.31 Å². The van der Waals surface area contributed by atoms with Crippen LogP contribution in [-0.4, -0.2) is 43.6 Å². The molecule has 1 fully saturated rings. The van der Waals surface area contributed by atoms with Crippen molar-refractivity contribution in [1.29, 1.82) is 0 Å². The second-order valence-electron chi connectivity index (χ2n) is 5.79. The first-order valence-corrected chi connectivity index (χ1v) is 8.67. The molecule has 0 saturated carbocycles. The highest BCUT2D eigenvalue weighted by Crippen LogP contribution is 2.28. The number of hydrogen-bond donors (Lipinski definition) is 1. The van der Waals surface area contributed by atoms with E-state index in [1.54, 1.807) is 18.2 Å². The van der Waals surface area contributed by atoms with Gasteiger partial charge in [-0.3, -0.25) is 0 Å². The lowest BCUT2D eigenvalue weighted by atomic mass is 10.1. The lowest BCUT2D eigenvalue weighted by Gasteiger charge is -2.18. The number of sulfonamides is 1. The van der Waals surface area contributed by atoms with Crippen molar-refractivity contribution < 1.29 is 18.3 Å². The molecule has 0 aliphatic carbocycles. The van der Waals surface area contributed by atoms with Gasteiger partial charge in [0, 0.05) is 19.7 Å². The Kier molecular flexibility index (Phi) is 4.91. The number of benzene rings is 1. The normalized spacial score (nSPS) is 20.1. The summed E-state index contributed by atoms with van der Waals surface area (Å²) in [4.78, 5) is 0.287. The molecule has 118 valence electrons. The predicted molar refractivity (Wildman–Crippen MR) is 80.9 cm³/mol.